The zero-order valence-corrected chi connectivity index (χ0v) is 19.1. The molecule has 1 saturated heterocycles. The van der Waals surface area contributed by atoms with Crippen LogP contribution in [-0.2, 0) is 14.4 Å². The van der Waals surface area contributed by atoms with Crippen LogP contribution >= 0.6 is 0 Å². The van der Waals surface area contributed by atoms with E-state index in [-0.39, 0.29) is 43.3 Å². The zero-order chi connectivity index (χ0) is 25.5. The van der Waals surface area contributed by atoms with Gasteiger partial charge in [-0.1, -0.05) is 0 Å². The van der Waals surface area contributed by atoms with Gasteiger partial charge in [-0.25, -0.2) is 14.2 Å². The minimum Gasteiger partial charge on any atom is -0.459 e. The maximum Gasteiger partial charge on any atom is 0.414 e. The molecule has 0 radical (unpaired) electrons. The van der Waals surface area contributed by atoms with Crippen molar-refractivity contribution in [3.8, 4) is 0 Å². The van der Waals surface area contributed by atoms with Crippen LogP contribution in [0.25, 0.3) is 0 Å². The predicted octanol–water partition coefficient (Wildman–Crippen LogP) is 2.66. The van der Waals surface area contributed by atoms with Crippen molar-refractivity contribution in [2.24, 2.45) is 0 Å². The summed E-state index contributed by atoms with van der Waals surface area (Å²) in [5.74, 6) is -2.45. The number of cyclic esters (lactones) is 1. The molecule has 10 nitrogen and oxygen atoms in total. The smallest absolute Gasteiger partial charge is 0.414 e. The number of nitrogens with one attached hydrogen (secondary N) is 1. The molecule has 0 unspecified atom stereocenters. The van der Waals surface area contributed by atoms with Gasteiger partial charge in [0.15, 0.2) is 5.76 Å². The van der Waals surface area contributed by atoms with Crippen LogP contribution in [0.1, 0.15) is 17.5 Å². The van der Waals surface area contributed by atoms with E-state index in [4.69, 9.17) is 14.0 Å². The number of carbonyl (C=O) groups excluding carboxylic acids is 3. The third-order valence-corrected chi connectivity index (χ3v) is 5.29. The first-order valence-corrected chi connectivity index (χ1v) is 10.7. The molecule has 1 aliphatic heterocycles. The Hall–Kier alpha value is -3.74. The number of halogens is 3. The summed E-state index contributed by atoms with van der Waals surface area (Å²) < 4.78 is 49.8. The maximum atomic E-state index is 15.0. The molecular weight excluding hydrogens is 473 g/mol. The van der Waals surface area contributed by atoms with Crippen molar-refractivity contribution >= 4 is 29.3 Å². The van der Waals surface area contributed by atoms with Gasteiger partial charge in [-0.15, -0.1) is 0 Å². The Morgan fingerprint density at radius 3 is 2.66 bits per heavy atom. The van der Waals surface area contributed by atoms with E-state index in [1.165, 1.54) is 31.6 Å². The Kier molecular flexibility index (Phi) is 8.58. The van der Waals surface area contributed by atoms with Gasteiger partial charge in [-0.2, -0.15) is 8.78 Å². The number of hydrogen-bond acceptors (Lipinski definition) is 7. The Bertz CT molecular complexity index is 1040. The van der Waals surface area contributed by atoms with Crippen molar-refractivity contribution in [1.29, 1.82) is 0 Å². The van der Waals surface area contributed by atoms with Crippen LogP contribution < -0.4 is 15.1 Å². The summed E-state index contributed by atoms with van der Waals surface area (Å²) in [6.45, 7) is 2.26. The van der Waals surface area contributed by atoms with Crippen LogP contribution in [0.15, 0.2) is 41.0 Å². The molecule has 1 aromatic heterocycles. The van der Waals surface area contributed by atoms with E-state index >= 15 is 4.39 Å². The van der Waals surface area contributed by atoms with Gasteiger partial charge in [0, 0.05) is 13.1 Å². The number of amides is 3. The average Bonchev–Trinajstić information content (AvgIpc) is 3.50. The lowest BCUT2D eigenvalue weighted by molar-refractivity contribution is -0.132. The Balaban J connectivity index is 1.63. The van der Waals surface area contributed by atoms with Crippen LogP contribution in [0.4, 0.5) is 29.3 Å². The summed E-state index contributed by atoms with van der Waals surface area (Å²) in [6, 6.07) is 7.24. The van der Waals surface area contributed by atoms with Crippen molar-refractivity contribution in [2.75, 3.05) is 49.6 Å². The van der Waals surface area contributed by atoms with Gasteiger partial charge < -0.3 is 19.4 Å². The standard InChI is InChI=1S/C22H25F3N4O6/c1-3-27(8-9-29(33-2)21(31)18-5-4-10-34-18)17-7-6-14(11-16(17)23)28-13-15(35-22(28)32)12-26-20(30)19(24)25/h4-7,10-11,15,19H,3,8-9,12-13H2,1-2H3,(H,26,30)/t15-/m0/s1. The summed E-state index contributed by atoms with van der Waals surface area (Å²) in [5, 5.41) is 3.08. The van der Waals surface area contributed by atoms with Crippen molar-refractivity contribution in [3.05, 3.63) is 48.2 Å². The number of furan rings is 1. The number of likely N-dealkylation sites (N-methyl/N-ethyl adjacent to an activating group) is 1. The highest BCUT2D eigenvalue weighted by Gasteiger charge is 2.33. The van der Waals surface area contributed by atoms with Crippen molar-refractivity contribution in [1.82, 2.24) is 10.4 Å². The number of carbonyl (C=O) groups is 3. The molecule has 1 aliphatic rings. The van der Waals surface area contributed by atoms with Crippen LogP contribution in [-0.4, -0.2) is 75.3 Å². The minimum absolute atomic E-state index is 0.0453. The predicted molar refractivity (Wildman–Crippen MR) is 118 cm³/mol. The van der Waals surface area contributed by atoms with Crippen molar-refractivity contribution < 1.29 is 41.5 Å². The number of ether oxygens (including phenoxy) is 1. The molecule has 35 heavy (non-hydrogen) atoms. The van der Waals surface area contributed by atoms with E-state index in [2.05, 4.69) is 0 Å². The number of benzene rings is 1. The fraction of sp³-hybridized carbons (Fsp3) is 0.409. The number of hydroxylamine groups is 2. The summed E-state index contributed by atoms with van der Waals surface area (Å²) in [7, 11) is 1.34. The molecule has 3 rings (SSSR count). The first kappa shape index (κ1) is 25.9. The molecule has 1 fully saturated rings. The van der Waals surface area contributed by atoms with E-state index in [9.17, 15) is 23.2 Å². The Labute approximate surface area is 199 Å². The molecule has 2 heterocycles. The first-order valence-electron chi connectivity index (χ1n) is 10.7. The Morgan fingerprint density at radius 1 is 1.29 bits per heavy atom. The maximum absolute atomic E-state index is 15.0. The number of hydrogen-bond donors (Lipinski definition) is 1. The number of alkyl halides is 2. The first-order chi connectivity index (χ1) is 16.7. The lowest BCUT2D eigenvalue weighted by Crippen LogP contribution is -2.38. The second-order valence-corrected chi connectivity index (χ2v) is 7.44. The summed E-state index contributed by atoms with van der Waals surface area (Å²) in [6.07, 6.45) is -3.45. The normalized spacial score (nSPS) is 15.3. The molecule has 0 bridgehead atoms. The van der Waals surface area contributed by atoms with Gasteiger partial charge in [0.1, 0.15) is 11.9 Å². The van der Waals surface area contributed by atoms with E-state index < -0.39 is 36.3 Å². The summed E-state index contributed by atoms with van der Waals surface area (Å²) in [5.41, 5.74) is 0.451. The molecular formula is C22H25F3N4O6. The lowest BCUT2D eigenvalue weighted by Gasteiger charge is -2.27. The van der Waals surface area contributed by atoms with E-state index in [1.807, 2.05) is 12.2 Å². The average molecular weight is 498 g/mol. The third kappa shape index (κ3) is 6.23. The summed E-state index contributed by atoms with van der Waals surface area (Å²) in [4.78, 5) is 43.6. The SMILES string of the molecule is CCN(CCN(OC)C(=O)c1ccco1)c1ccc(N2C[C@H](CNC(=O)C(F)F)OC2=O)cc1F. The molecule has 0 spiro atoms. The van der Waals surface area contributed by atoms with Gasteiger partial charge in [0.2, 0.25) is 0 Å². The monoisotopic (exact) mass is 498 g/mol. The molecule has 190 valence electrons. The van der Waals surface area contributed by atoms with Crippen LogP contribution in [0.2, 0.25) is 0 Å². The fourth-order valence-corrected chi connectivity index (χ4v) is 3.51. The third-order valence-electron chi connectivity index (χ3n) is 5.29. The lowest BCUT2D eigenvalue weighted by atomic mass is 10.2. The zero-order valence-electron chi connectivity index (χ0n) is 19.1. The molecule has 2 aromatic rings. The molecule has 0 saturated carbocycles. The topological polar surface area (TPSA) is 105 Å². The van der Waals surface area contributed by atoms with Gasteiger partial charge in [0.25, 0.3) is 5.91 Å². The molecule has 13 heteroatoms. The van der Waals surface area contributed by atoms with Gasteiger partial charge in [-0.3, -0.25) is 19.3 Å². The molecule has 0 aliphatic carbocycles. The number of nitrogens with zero attached hydrogens (tertiary/aromatic N) is 3. The highest BCUT2D eigenvalue weighted by molar-refractivity contribution is 5.91. The van der Waals surface area contributed by atoms with Crippen molar-refractivity contribution in [3.63, 3.8) is 0 Å². The molecule has 1 aromatic carbocycles. The summed E-state index contributed by atoms with van der Waals surface area (Å²) >= 11 is 0. The fourth-order valence-electron chi connectivity index (χ4n) is 3.51. The highest BCUT2D eigenvalue weighted by Crippen LogP contribution is 2.28. The van der Waals surface area contributed by atoms with Crippen molar-refractivity contribution in [2.45, 2.75) is 19.5 Å². The minimum atomic E-state index is -3.18. The van der Waals surface area contributed by atoms with E-state index in [0.717, 1.165) is 16.0 Å². The molecule has 1 atom stereocenters. The largest absolute Gasteiger partial charge is 0.459 e. The van der Waals surface area contributed by atoms with Crippen LogP contribution in [0, 0.1) is 5.82 Å². The molecule has 1 N–H and O–H groups in total. The van der Waals surface area contributed by atoms with E-state index in [0.29, 0.717) is 6.54 Å². The van der Waals surface area contributed by atoms with Crippen LogP contribution in [0.5, 0.6) is 0 Å². The van der Waals surface area contributed by atoms with Gasteiger partial charge >= 0.3 is 18.4 Å². The number of rotatable bonds is 11. The van der Waals surface area contributed by atoms with E-state index in [1.54, 1.807) is 11.0 Å². The quantitative estimate of drug-likeness (QED) is 0.475. The Morgan fingerprint density at radius 2 is 2.06 bits per heavy atom. The number of anilines is 2. The van der Waals surface area contributed by atoms with Gasteiger partial charge in [-0.05, 0) is 37.3 Å². The second kappa shape index (κ2) is 11.6. The van der Waals surface area contributed by atoms with Crippen LogP contribution in [0.3, 0.4) is 0 Å². The molecule has 3 amide bonds. The highest BCUT2D eigenvalue weighted by atomic mass is 19.3. The van der Waals surface area contributed by atoms with Gasteiger partial charge in [0.05, 0.1) is 44.4 Å². The second-order valence-electron chi connectivity index (χ2n) is 7.44.